The molecular weight excluding hydrogens is 228 g/mol. The van der Waals surface area contributed by atoms with Crippen LogP contribution in [0, 0.1) is 0 Å². The minimum atomic E-state index is 0. The zero-order valence-corrected chi connectivity index (χ0v) is 10.8. The Labute approximate surface area is 102 Å². The first-order chi connectivity index (χ1) is 6.90. The molecule has 1 N–H and O–H groups in total. The second-order valence-corrected chi connectivity index (χ2v) is 4.97. The highest BCUT2D eigenvalue weighted by Crippen LogP contribution is 2.32. The zero-order valence-electron chi connectivity index (χ0n) is 9.16. The number of hydrogen-bond donors (Lipinski definition) is 1. The molecule has 0 atom stereocenters. The monoisotopic (exact) mass is 246 g/mol. The molecule has 1 aliphatic rings. The van der Waals surface area contributed by atoms with Crippen molar-refractivity contribution in [2.75, 3.05) is 7.05 Å². The highest BCUT2D eigenvalue weighted by Gasteiger charge is 2.17. The number of thiazole rings is 1. The average molecular weight is 247 g/mol. The van der Waals surface area contributed by atoms with Gasteiger partial charge in [-0.1, -0.05) is 19.3 Å². The van der Waals surface area contributed by atoms with Gasteiger partial charge in [-0.3, -0.25) is 0 Å². The van der Waals surface area contributed by atoms with Crippen LogP contribution in [-0.4, -0.2) is 12.0 Å². The Balaban J connectivity index is 0.00000112. The van der Waals surface area contributed by atoms with Crippen molar-refractivity contribution in [3.8, 4) is 0 Å². The predicted octanol–water partition coefficient (Wildman–Crippen LogP) is 3.33. The van der Waals surface area contributed by atoms with Crippen molar-refractivity contribution < 1.29 is 0 Å². The Morgan fingerprint density at radius 2 is 2.13 bits per heavy atom. The fourth-order valence-corrected chi connectivity index (χ4v) is 3.03. The summed E-state index contributed by atoms with van der Waals surface area (Å²) in [5.74, 6) is 0.755. The standard InChI is InChI=1S/C11H18N2S.ClH/c1-12-7-11-13-10(8-14-11)9-5-3-2-4-6-9;/h8-9,12H,2-7H2,1H3;1H. The lowest BCUT2D eigenvalue weighted by Crippen LogP contribution is -2.07. The highest BCUT2D eigenvalue weighted by atomic mass is 35.5. The number of nitrogens with one attached hydrogen (secondary N) is 1. The smallest absolute Gasteiger partial charge is 0.107 e. The van der Waals surface area contributed by atoms with E-state index in [4.69, 9.17) is 0 Å². The average Bonchev–Trinajstić information content (AvgIpc) is 2.68. The molecule has 0 aromatic carbocycles. The third-order valence-electron chi connectivity index (χ3n) is 2.92. The van der Waals surface area contributed by atoms with Crippen molar-refractivity contribution in [1.82, 2.24) is 10.3 Å². The van der Waals surface area contributed by atoms with E-state index >= 15 is 0 Å². The van der Waals surface area contributed by atoms with Crippen LogP contribution < -0.4 is 5.32 Å². The highest BCUT2D eigenvalue weighted by molar-refractivity contribution is 7.09. The molecule has 1 aromatic rings. The van der Waals surface area contributed by atoms with Crippen molar-refractivity contribution in [1.29, 1.82) is 0 Å². The van der Waals surface area contributed by atoms with Crippen LogP contribution in [0.15, 0.2) is 5.38 Å². The van der Waals surface area contributed by atoms with Gasteiger partial charge in [0.15, 0.2) is 0 Å². The minimum absolute atomic E-state index is 0. The molecule has 0 aliphatic heterocycles. The molecule has 86 valence electrons. The van der Waals surface area contributed by atoms with Gasteiger partial charge in [0, 0.05) is 17.8 Å². The lowest BCUT2D eigenvalue weighted by atomic mass is 9.87. The van der Waals surface area contributed by atoms with Crippen LogP contribution in [0.5, 0.6) is 0 Å². The lowest BCUT2D eigenvalue weighted by molar-refractivity contribution is 0.437. The second-order valence-electron chi connectivity index (χ2n) is 4.03. The molecular formula is C11H19ClN2S. The van der Waals surface area contributed by atoms with Crippen molar-refractivity contribution >= 4 is 23.7 Å². The van der Waals surface area contributed by atoms with Crippen LogP contribution >= 0.6 is 23.7 Å². The third-order valence-corrected chi connectivity index (χ3v) is 3.79. The summed E-state index contributed by atoms with van der Waals surface area (Å²) < 4.78 is 0. The fraction of sp³-hybridized carbons (Fsp3) is 0.727. The first-order valence-electron chi connectivity index (χ1n) is 5.49. The number of hydrogen-bond acceptors (Lipinski definition) is 3. The van der Waals surface area contributed by atoms with Crippen LogP contribution in [0.25, 0.3) is 0 Å². The minimum Gasteiger partial charge on any atom is -0.314 e. The van der Waals surface area contributed by atoms with Gasteiger partial charge >= 0.3 is 0 Å². The molecule has 15 heavy (non-hydrogen) atoms. The maximum absolute atomic E-state index is 4.68. The van der Waals surface area contributed by atoms with Crippen molar-refractivity contribution in [2.24, 2.45) is 0 Å². The van der Waals surface area contributed by atoms with Crippen molar-refractivity contribution in [3.63, 3.8) is 0 Å². The molecule has 0 bridgehead atoms. The molecule has 1 fully saturated rings. The topological polar surface area (TPSA) is 24.9 Å². The van der Waals surface area contributed by atoms with Gasteiger partial charge in [0.1, 0.15) is 5.01 Å². The number of rotatable bonds is 3. The molecule has 0 unspecified atom stereocenters. The number of aromatic nitrogens is 1. The van der Waals surface area contributed by atoms with E-state index in [1.807, 2.05) is 7.05 Å². The van der Waals surface area contributed by atoms with Crippen LogP contribution in [-0.2, 0) is 6.54 Å². The Bertz CT molecular complexity index is 282. The lowest BCUT2D eigenvalue weighted by Gasteiger charge is -2.19. The Kier molecular flexibility index (Phi) is 5.58. The molecule has 0 saturated heterocycles. The summed E-state index contributed by atoms with van der Waals surface area (Å²) in [4.78, 5) is 4.68. The first-order valence-corrected chi connectivity index (χ1v) is 6.37. The van der Waals surface area contributed by atoms with E-state index < -0.39 is 0 Å². The molecule has 1 heterocycles. The van der Waals surface area contributed by atoms with Crippen LogP contribution in [0.2, 0.25) is 0 Å². The summed E-state index contributed by atoms with van der Waals surface area (Å²) in [7, 11) is 1.97. The van der Waals surface area contributed by atoms with E-state index in [1.54, 1.807) is 11.3 Å². The fourth-order valence-electron chi connectivity index (χ4n) is 2.14. The normalized spacial score (nSPS) is 17.4. The molecule has 0 spiro atoms. The van der Waals surface area contributed by atoms with E-state index in [1.165, 1.54) is 42.8 Å². The van der Waals surface area contributed by atoms with Crippen LogP contribution in [0.1, 0.15) is 48.7 Å². The predicted molar refractivity (Wildman–Crippen MR) is 68.0 cm³/mol. The summed E-state index contributed by atoms with van der Waals surface area (Å²) in [5, 5.41) is 6.63. The van der Waals surface area contributed by atoms with E-state index in [9.17, 15) is 0 Å². The molecule has 4 heteroatoms. The van der Waals surface area contributed by atoms with Gasteiger partial charge in [-0.25, -0.2) is 4.98 Å². The maximum atomic E-state index is 4.68. The zero-order chi connectivity index (χ0) is 9.80. The summed E-state index contributed by atoms with van der Waals surface area (Å²) in [6, 6.07) is 0. The SMILES string of the molecule is CNCc1nc(C2CCCCC2)cs1.Cl. The van der Waals surface area contributed by atoms with Gasteiger partial charge in [-0.2, -0.15) is 0 Å². The Morgan fingerprint density at radius 1 is 1.40 bits per heavy atom. The largest absolute Gasteiger partial charge is 0.314 e. The van der Waals surface area contributed by atoms with E-state index in [2.05, 4.69) is 15.7 Å². The maximum Gasteiger partial charge on any atom is 0.107 e. The summed E-state index contributed by atoms with van der Waals surface area (Å²) in [5.41, 5.74) is 1.35. The van der Waals surface area contributed by atoms with Gasteiger partial charge in [0.05, 0.1) is 5.69 Å². The molecule has 0 amide bonds. The summed E-state index contributed by atoms with van der Waals surface area (Å²) in [6.07, 6.45) is 6.91. The molecule has 2 rings (SSSR count). The molecule has 1 aliphatic carbocycles. The second kappa shape index (κ2) is 6.46. The molecule has 0 radical (unpaired) electrons. The van der Waals surface area contributed by atoms with Crippen LogP contribution in [0.4, 0.5) is 0 Å². The van der Waals surface area contributed by atoms with Crippen molar-refractivity contribution in [2.45, 2.75) is 44.6 Å². The molecule has 1 aromatic heterocycles. The molecule has 1 saturated carbocycles. The quantitative estimate of drug-likeness (QED) is 0.885. The Morgan fingerprint density at radius 3 is 2.80 bits per heavy atom. The van der Waals surface area contributed by atoms with Gasteiger partial charge in [0.25, 0.3) is 0 Å². The van der Waals surface area contributed by atoms with Crippen molar-refractivity contribution in [3.05, 3.63) is 16.1 Å². The van der Waals surface area contributed by atoms with Gasteiger partial charge in [-0.15, -0.1) is 23.7 Å². The summed E-state index contributed by atoms with van der Waals surface area (Å²) in [6.45, 7) is 0.914. The van der Waals surface area contributed by atoms with Gasteiger partial charge < -0.3 is 5.32 Å². The van der Waals surface area contributed by atoms with Gasteiger partial charge in [0.2, 0.25) is 0 Å². The summed E-state index contributed by atoms with van der Waals surface area (Å²) >= 11 is 1.79. The van der Waals surface area contributed by atoms with E-state index in [-0.39, 0.29) is 12.4 Å². The number of halogens is 1. The number of nitrogens with zero attached hydrogens (tertiary/aromatic N) is 1. The van der Waals surface area contributed by atoms with E-state index in [0.717, 1.165) is 12.5 Å². The van der Waals surface area contributed by atoms with Crippen LogP contribution in [0.3, 0.4) is 0 Å². The first kappa shape index (κ1) is 12.9. The Hall–Kier alpha value is -0.120. The molecule has 2 nitrogen and oxygen atoms in total. The third kappa shape index (κ3) is 3.44. The van der Waals surface area contributed by atoms with E-state index in [0.29, 0.717) is 0 Å². The van der Waals surface area contributed by atoms with Gasteiger partial charge in [-0.05, 0) is 19.9 Å².